The quantitative estimate of drug-likeness (QED) is 0.883. The van der Waals surface area contributed by atoms with Crippen LogP contribution in [-0.4, -0.2) is 6.54 Å². The van der Waals surface area contributed by atoms with Crippen LogP contribution in [0.3, 0.4) is 0 Å². The average Bonchev–Trinajstić information content (AvgIpc) is 2.46. The third-order valence-electron chi connectivity index (χ3n) is 2.84. The second-order valence-corrected chi connectivity index (χ2v) is 4.20. The average molecular weight is 255 g/mol. The van der Waals surface area contributed by atoms with E-state index < -0.39 is 5.82 Å². The van der Waals surface area contributed by atoms with Crippen molar-refractivity contribution in [3.63, 3.8) is 0 Å². The highest BCUT2D eigenvalue weighted by atomic mass is 19.1. The first kappa shape index (κ1) is 13.1. The van der Waals surface area contributed by atoms with Gasteiger partial charge in [0.2, 0.25) is 0 Å². The summed E-state index contributed by atoms with van der Waals surface area (Å²) in [5, 5.41) is 11.6. The summed E-state index contributed by atoms with van der Waals surface area (Å²) in [5.41, 5.74) is 7.66. The van der Waals surface area contributed by atoms with Crippen LogP contribution >= 0.6 is 0 Å². The molecule has 1 unspecified atom stereocenters. The molecule has 3 nitrogen and oxygen atoms in total. The van der Waals surface area contributed by atoms with Gasteiger partial charge < -0.3 is 11.1 Å². The van der Waals surface area contributed by atoms with Crippen LogP contribution in [0.4, 0.5) is 10.1 Å². The largest absolute Gasteiger partial charge is 0.381 e. The van der Waals surface area contributed by atoms with E-state index in [0.29, 0.717) is 17.8 Å². The number of nitrogens with zero attached hydrogens (tertiary/aromatic N) is 1. The summed E-state index contributed by atoms with van der Waals surface area (Å²) in [6.45, 7) is 0.423. The molecule has 0 radical (unpaired) electrons. The third-order valence-corrected chi connectivity index (χ3v) is 2.84. The zero-order valence-electron chi connectivity index (χ0n) is 10.3. The molecule has 0 amide bonds. The van der Waals surface area contributed by atoms with Gasteiger partial charge in [0.05, 0.1) is 17.3 Å². The molecule has 19 heavy (non-hydrogen) atoms. The Hall–Kier alpha value is -2.38. The molecule has 2 aromatic carbocycles. The topological polar surface area (TPSA) is 61.8 Å². The molecule has 0 aliphatic carbocycles. The van der Waals surface area contributed by atoms with Gasteiger partial charge in [-0.1, -0.05) is 30.3 Å². The predicted molar refractivity (Wildman–Crippen MR) is 73.0 cm³/mol. The van der Waals surface area contributed by atoms with Gasteiger partial charge in [-0.25, -0.2) is 4.39 Å². The maximum Gasteiger partial charge on any atom is 0.147 e. The summed E-state index contributed by atoms with van der Waals surface area (Å²) in [4.78, 5) is 0. The first-order valence-corrected chi connectivity index (χ1v) is 5.95. The lowest BCUT2D eigenvalue weighted by Crippen LogP contribution is -2.20. The smallest absolute Gasteiger partial charge is 0.147 e. The van der Waals surface area contributed by atoms with Gasteiger partial charge in [-0.15, -0.1) is 0 Å². The maximum absolute atomic E-state index is 13.6. The molecule has 0 aliphatic heterocycles. The van der Waals surface area contributed by atoms with Crippen molar-refractivity contribution in [2.24, 2.45) is 5.73 Å². The van der Waals surface area contributed by atoms with E-state index in [2.05, 4.69) is 5.32 Å². The molecule has 0 aromatic heterocycles. The molecule has 3 N–H and O–H groups in total. The van der Waals surface area contributed by atoms with Crippen molar-refractivity contribution in [2.75, 3.05) is 11.9 Å². The molecule has 96 valence electrons. The Morgan fingerprint density at radius 3 is 2.58 bits per heavy atom. The Bertz CT molecular complexity index is 590. The monoisotopic (exact) mass is 255 g/mol. The number of anilines is 1. The van der Waals surface area contributed by atoms with Gasteiger partial charge in [-0.3, -0.25) is 0 Å². The van der Waals surface area contributed by atoms with Crippen LogP contribution in [0.15, 0.2) is 48.5 Å². The van der Waals surface area contributed by atoms with Gasteiger partial charge in [0, 0.05) is 12.6 Å². The zero-order chi connectivity index (χ0) is 13.7. The first-order chi connectivity index (χ1) is 9.20. The normalized spacial score (nSPS) is 11.6. The van der Waals surface area contributed by atoms with Crippen LogP contribution in [0, 0.1) is 17.1 Å². The molecular formula is C15H14FN3. The lowest BCUT2D eigenvalue weighted by Gasteiger charge is -2.14. The number of halogens is 1. The maximum atomic E-state index is 13.6. The van der Waals surface area contributed by atoms with Gasteiger partial charge in [0.25, 0.3) is 0 Å². The van der Waals surface area contributed by atoms with Crippen LogP contribution in [0.2, 0.25) is 0 Å². The Kier molecular flexibility index (Phi) is 4.11. The minimum Gasteiger partial charge on any atom is -0.381 e. The van der Waals surface area contributed by atoms with Crippen molar-refractivity contribution in [3.05, 3.63) is 65.5 Å². The molecule has 1 atom stereocenters. The Morgan fingerprint density at radius 1 is 1.21 bits per heavy atom. The van der Waals surface area contributed by atoms with E-state index in [0.717, 1.165) is 5.56 Å². The van der Waals surface area contributed by atoms with Crippen LogP contribution < -0.4 is 11.1 Å². The Morgan fingerprint density at radius 2 is 1.95 bits per heavy atom. The van der Waals surface area contributed by atoms with E-state index in [1.807, 2.05) is 36.4 Å². The minimum atomic E-state index is -0.445. The van der Waals surface area contributed by atoms with Crippen LogP contribution in [-0.2, 0) is 0 Å². The zero-order valence-corrected chi connectivity index (χ0v) is 10.3. The minimum absolute atomic E-state index is 0.212. The van der Waals surface area contributed by atoms with Gasteiger partial charge >= 0.3 is 0 Å². The lowest BCUT2D eigenvalue weighted by atomic mass is 10.1. The molecule has 2 aromatic rings. The highest BCUT2D eigenvalue weighted by molar-refractivity contribution is 5.49. The first-order valence-electron chi connectivity index (χ1n) is 5.95. The van der Waals surface area contributed by atoms with Crippen molar-refractivity contribution in [1.82, 2.24) is 0 Å². The number of hydrogen-bond donors (Lipinski definition) is 2. The van der Waals surface area contributed by atoms with Crippen molar-refractivity contribution < 1.29 is 4.39 Å². The van der Waals surface area contributed by atoms with E-state index in [1.54, 1.807) is 12.1 Å². The standard InChI is InChI=1S/C15H14FN3/c16-13-8-11(9-17)6-7-15(13)19-10-14(18)12-4-2-1-3-5-12/h1-8,14,19H,10,18H2. The van der Waals surface area contributed by atoms with Crippen LogP contribution in [0.25, 0.3) is 0 Å². The fourth-order valence-corrected chi connectivity index (χ4v) is 1.77. The molecule has 0 heterocycles. The van der Waals surface area contributed by atoms with Gasteiger partial charge in [0.15, 0.2) is 0 Å². The predicted octanol–water partition coefficient (Wildman–Crippen LogP) is 2.81. The van der Waals surface area contributed by atoms with E-state index in [4.69, 9.17) is 11.0 Å². The molecule has 4 heteroatoms. The summed E-state index contributed by atoms with van der Waals surface area (Å²) in [6.07, 6.45) is 0. The van der Waals surface area contributed by atoms with E-state index >= 15 is 0 Å². The molecule has 0 saturated heterocycles. The second kappa shape index (κ2) is 5.98. The molecular weight excluding hydrogens is 241 g/mol. The molecule has 0 saturated carbocycles. The number of hydrogen-bond acceptors (Lipinski definition) is 3. The molecule has 0 spiro atoms. The van der Waals surface area contributed by atoms with Crippen molar-refractivity contribution in [2.45, 2.75) is 6.04 Å². The number of nitrogens with two attached hydrogens (primary N) is 1. The highest BCUT2D eigenvalue weighted by Crippen LogP contribution is 2.17. The van der Waals surface area contributed by atoms with E-state index in [1.165, 1.54) is 6.07 Å². The SMILES string of the molecule is N#Cc1ccc(NCC(N)c2ccccc2)c(F)c1. The van der Waals surface area contributed by atoms with Gasteiger partial charge in [-0.05, 0) is 23.8 Å². The van der Waals surface area contributed by atoms with Crippen LogP contribution in [0.1, 0.15) is 17.2 Å². The summed E-state index contributed by atoms with van der Waals surface area (Å²) >= 11 is 0. The van der Waals surface area contributed by atoms with Gasteiger partial charge in [0.1, 0.15) is 5.82 Å². The number of nitrogens with one attached hydrogen (secondary N) is 1. The van der Waals surface area contributed by atoms with Crippen molar-refractivity contribution in [1.29, 1.82) is 5.26 Å². The van der Waals surface area contributed by atoms with Gasteiger partial charge in [-0.2, -0.15) is 5.26 Å². The molecule has 0 fully saturated rings. The summed E-state index contributed by atoms with van der Waals surface area (Å²) in [5.74, 6) is -0.445. The van der Waals surface area contributed by atoms with E-state index in [9.17, 15) is 4.39 Å². The summed E-state index contributed by atoms with van der Waals surface area (Å²) in [6, 6.07) is 15.6. The Balaban J connectivity index is 2.01. The number of nitriles is 1. The fraction of sp³-hybridized carbons (Fsp3) is 0.133. The number of benzene rings is 2. The second-order valence-electron chi connectivity index (χ2n) is 4.20. The van der Waals surface area contributed by atoms with Crippen molar-refractivity contribution >= 4 is 5.69 Å². The van der Waals surface area contributed by atoms with E-state index in [-0.39, 0.29) is 6.04 Å². The summed E-state index contributed by atoms with van der Waals surface area (Å²) in [7, 11) is 0. The Labute approximate surface area is 111 Å². The van der Waals surface area contributed by atoms with Crippen molar-refractivity contribution in [3.8, 4) is 6.07 Å². The number of rotatable bonds is 4. The third kappa shape index (κ3) is 3.30. The molecule has 2 rings (SSSR count). The highest BCUT2D eigenvalue weighted by Gasteiger charge is 2.07. The molecule has 0 aliphatic rings. The van der Waals surface area contributed by atoms with Crippen LogP contribution in [0.5, 0.6) is 0 Å². The summed E-state index contributed by atoms with van der Waals surface area (Å²) < 4.78 is 13.6. The lowest BCUT2D eigenvalue weighted by molar-refractivity contribution is 0.627. The molecule has 0 bridgehead atoms. The fourth-order valence-electron chi connectivity index (χ4n) is 1.77.